The minimum atomic E-state index is -0.541. The lowest BCUT2D eigenvalue weighted by Crippen LogP contribution is -2.37. The number of nitrogens with one attached hydrogen (secondary N) is 1. The average molecular weight is 336 g/mol. The van der Waals surface area contributed by atoms with Gasteiger partial charge in [0.15, 0.2) is 0 Å². The second-order valence-electron chi connectivity index (χ2n) is 7.24. The van der Waals surface area contributed by atoms with Crippen molar-refractivity contribution in [2.24, 2.45) is 0 Å². The average Bonchev–Trinajstić information content (AvgIpc) is 2.96. The number of hydrogen-bond donors (Lipinski definition) is 1. The SMILES string of the molecule is Cc1ccc(C(NC(=O)OC(C)(C)C)n2ccc3ccccc32)cc1. The van der Waals surface area contributed by atoms with Gasteiger partial charge in [-0.05, 0) is 50.8 Å². The van der Waals surface area contributed by atoms with E-state index in [9.17, 15) is 4.79 Å². The first-order chi connectivity index (χ1) is 11.8. The molecule has 0 fully saturated rings. The third-order valence-corrected chi connectivity index (χ3v) is 3.95. The molecule has 1 aromatic heterocycles. The summed E-state index contributed by atoms with van der Waals surface area (Å²) >= 11 is 0. The lowest BCUT2D eigenvalue weighted by atomic mass is 10.1. The number of para-hydroxylation sites is 1. The number of hydrogen-bond acceptors (Lipinski definition) is 2. The number of carbonyl (C=O) groups excluding carboxylic acids is 1. The third-order valence-electron chi connectivity index (χ3n) is 3.95. The van der Waals surface area contributed by atoms with Gasteiger partial charge < -0.3 is 9.30 Å². The van der Waals surface area contributed by atoms with Gasteiger partial charge in [0.25, 0.3) is 0 Å². The fourth-order valence-corrected chi connectivity index (χ4v) is 2.81. The zero-order chi connectivity index (χ0) is 18.0. The Bertz CT molecular complexity index is 873. The van der Waals surface area contributed by atoms with Crippen molar-refractivity contribution in [1.29, 1.82) is 0 Å². The van der Waals surface area contributed by atoms with Gasteiger partial charge in [0, 0.05) is 6.20 Å². The molecule has 25 heavy (non-hydrogen) atoms. The van der Waals surface area contributed by atoms with Crippen LogP contribution in [0.3, 0.4) is 0 Å². The molecule has 3 rings (SSSR count). The van der Waals surface area contributed by atoms with Crippen LogP contribution < -0.4 is 5.32 Å². The first-order valence-corrected chi connectivity index (χ1v) is 8.45. The van der Waals surface area contributed by atoms with Crippen molar-refractivity contribution in [1.82, 2.24) is 9.88 Å². The van der Waals surface area contributed by atoms with Crippen LogP contribution in [0.25, 0.3) is 10.9 Å². The highest BCUT2D eigenvalue weighted by Gasteiger charge is 2.22. The molecule has 130 valence electrons. The normalized spacial score (nSPS) is 12.8. The molecule has 0 spiro atoms. The quantitative estimate of drug-likeness (QED) is 0.729. The van der Waals surface area contributed by atoms with Gasteiger partial charge in [-0.15, -0.1) is 0 Å². The molecular weight excluding hydrogens is 312 g/mol. The Balaban J connectivity index is 2.00. The van der Waals surface area contributed by atoms with E-state index < -0.39 is 11.7 Å². The molecule has 1 unspecified atom stereocenters. The second kappa shape index (κ2) is 6.63. The third kappa shape index (κ3) is 4.02. The van der Waals surface area contributed by atoms with Crippen LogP contribution in [-0.4, -0.2) is 16.3 Å². The Morgan fingerprint density at radius 1 is 1.04 bits per heavy atom. The molecule has 4 heteroatoms. The number of nitrogens with zero attached hydrogens (tertiary/aromatic N) is 1. The van der Waals surface area contributed by atoms with Gasteiger partial charge >= 0.3 is 6.09 Å². The molecule has 0 aliphatic carbocycles. The zero-order valence-corrected chi connectivity index (χ0v) is 15.1. The maximum absolute atomic E-state index is 12.4. The molecule has 1 N–H and O–H groups in total. The number of ether oxygens (including phenoxy) is 1. The van der Waals surface area contributed by atoms with Gasteiger partial charge in [-0.1, -0.05) is 48.0 Å². The lowest BCUT2D eigenvalue weighted by molar-refractivity contribution is 0.0496. The number of aryl methyl sites for hydroxylation is 1. The van der Waals surface area contributed by atoms with Crippen molar-refractivity contribution in [3.63, 3.8) is 0 Å². The highest BCUT2D eigenvalue weighted by Crippen LogP contribution is 2.24. The number of fused-ring (bicyclic) bond motifs is 1. The molecule has 1 atom stereocenters. The Labute approximate surface area is 148 Å². The Kier molecular flexibility index (Phi) is 4.53. The molecule has 0 saturated carbocycles. The van der Waals surface area contributed by atoms with Crippen LogP contribution in [0.1, 0.15) is 38.1 Å². The number of benzene rings is 2. The highest BCUT2D eigenvalue weighted by atomic mass is 16.6. The number of carbonyl (C=O) groups is 1. The lowest BCUT2D eigenvalue weighted by Gasteiger charge is -2.25. The molecule has 0 aliphatic heterocycles. The van der Waals surface area contributed by atoms with E-state index in [1.807, 2.05) is 82.4 Å². The van der Waals surface area contributed by atoms with Crippen LogP contribution in [0.15, 0.2) is 60.8 Å². The van der Waals surface area contributed by atoms with E-state index >= 15 is 0 Å². The Hall–Kier alpha value is -2.75. The van der Waals surface area contributed by atoms with Crippen LogP contribution >= 0.6 is 0 Å². The van der Waals surface area contributed by atoms with Crippen LogP contribution in [0.4, 0.5) is 4.79 Å². The van der Waals surface area contributed by atoms with Crippen LogP contribution in [-0.2, 0) is 4.74 Å². The number of aromatic nitrogens is 1. The van der Waals surface area contributed by atoms with Crippen molar-refractivity contribution in [2.75, 3.05) is 0 Å². The molecule has 1 heterocycles. The van der Waals surface area contributed by atoms with E-state index in [-0.39, 0.29) is 6.17 Å². The molecule has 2 aromatic carbocycles. The summed E-state index contributed by atoms with van der Waals surface area (Å²) in [6.45, 7) is 7.63. The van der Waals surface area contributed by atoms with E-state index in [1.54, 1.807) is 0 Å². The first kappa shape index (κ1) is 17.1. The van der Waals surface area contributed by atoms with Gasteiger partial charge in [0.1, 0.15) is 11.8 Å². The summed E-state index contributed by atoms with van der Waals surface area (Å²) in [7, 11) is 0. The van der Waals surface area contributed by atoms with Crippen LogP contribution in [0.5, 0.6) is 0 Å². The van der Waals surface area contributed by atoms with Gasteiger partial charge in [-0.25, -0.2) is 4.79 Å². The Morgan fingerprint density at radius 2 is 1.72 bits per heavy atom. The van der Waals surface area contributed by atoms with Crippen molar-refractivity contribution in [3.05, 3.63) is 71.9 Å². The van der Waals surface area contributed by atoms with Gasteiger partial charge in [-0.2, -0.15) is 0 Å². The maximum atomic E-state index is 12.4. The molecule has 0 bridgehead atoms. The molecule has 0 radical (unpaired) electrons. The summed E-state index contributed by atoms with van der Waals surface area (Å²) in [5.41, 5.74) is 2.69. The molecule has 3 aromatic rings. The van der Waals surface area contributed by atoms with E-state index in [4.69, 9.17) is 4.74 Å². The van der Waals surface area contributed by atoms with Gasteiger partial charge in [0.2, 0.25) is 0 Å². The maximum Gasteiger partial charge on any atom is 0.409 e. The fraction of sp³-hybridized carbons (Fsp3) is 0.286. The van der Waals surface area contributed by atoms with E-state index in [2.05, 4.69) is 16.0 Å². The Morgan fingerprint density at radius 3 is 2.40 bits per heavy atom. The van der Waals surface area contributed by atoms with Gasteiger partial charge in [0.05, 0.1) is 5.52 Å². The number of alkyl carbamates (subject to hydrolysis) is 1. The monoisotopic (exact) mass is 336 g/mol. The number of amides is 1. The van der Waals surface area contributed by atoms with E-state index in [0.717, 1.165) is 16.5 Å². The summed E-state index contributed by atoms with van der Waals surface area (Å²) in [5, 5.41) is 4.14. The highest BCUT2D eigenvalue weighted by molar-refractivity contribution is 5.80. The summed E-state index contributed by atoms with van der Waals surface area (Å²) in [5.74, 6) is 0. The van der Waals surface area contributed by atoms with Crippen LogP contribution in [0, 0.1) is 6.92 Å². The summed E-state index contributed by atoms with van der Waals surface area (Å²) in [6.07, 6.45) is 1.22. The summed E-state index contributed by atoms with van der Waals surface area (Å²) < 4.78 is 7.52. The molecule has 0 aliphatic rings. The minimum Gasteiger partial charge on any atom is -0.444 e. The zero-order valence-electron chi connectivity index (χ0n) is 15.1. The largest absolute Gasteiger partial charge is 0.444 e. The second-order valence-corrected chi connectivity index (χ2v) is 7.24. The smallest absolute Gasteiger partial charge is 0.409 e. The van der Waals surface area contributed by atoms with Gasteiger partial charge in [-0.3, -0.25) is 5.32 Å². The van der Waals surface area contributed by atoms with Crippen molar-refractivity contribution >= 4 is 17.0 Å². The standard InChI is InChI=1S/C21H24N2O2/c1-15-9-11-17(12-10-15)19(22-20(24)25-21(2,3)4)23-14-13-16-7-5-6-8-18(16)23/h5-14,19H,1-4H3,(H,22,24). The predicted molar refractivity (Wildman–Crippen MR) is 101 cm³/mol. The minimum absolute atomic E-state index is 0.338. The molecule has 0 saturated heterocycles. The van der Waals surface area contributed by atoms with E-state index in [0.29, 0.717) is 0 Å². The summed E-state index contributed by atoms with van der Waals surface area (Å²) in [6, 6.07) is 18.3. The van der Waals surface area contributed by atoms with Crippen LogP contribution in [0.2, 0.25) is 0 Å². The number of rotatable bonds is 3. The molecule has 1 amide bonds. The van der Waals surface area contributed by atoms with Crippen molar-refractivity contribution < 1.29 is 9.53 Å². The van der Waals surface area contributed by atoms with Crippen molar-refractivity contribution in [2.45, 2.75) is 39.5 Å². The molecule has 4 nitrogen and oxygen atoms in total. The van der Waals surface area contributed by atoms with E-state index in [1.165, 1.54) is 5.56 Å². The fourth-order valence-electron chi connectivity index (χ4n) is 2.81. The predicted octanol–water partition coefficient (Wildman–Crippen LogP) is 5.02. The van der Waals surface area contributed by atoms with Crippen molar-refractivity contribution in [3.8, 4) is 0 Å². The first-order valence-electron chi connectivity index (χ1n) is 8.45. The topological polar surface area (TPSA) is 43.3 Å². The molecular formula is C21H24N2O2. The summed E-state index contributed by atoms with van der Waals surface area (Å²) in [4.78, 5) is 12.4.